The lowest BCUT2D eigenvalue weighted by molar-refractivity contribution is -0.148. The molecule has 0 bridgehead atoms. The van der Waals surface area contributed by atoms with Gasteiger partial charge in [-0.3, -0.25) is 24.1 Å². The third-order valence-corrected chi connectivity index (χ3v) is 5.87. The normalized spacial score (nSPS) is 21.4. The Morgan fingerprint density at radius 2 is 1.60 bits per heavy atom. The smallest absolute Gasteiger partial charge is 0.308 e. The van der Waals surface area contributed by atoms with E-state index in [0.717, 1.165) is 31.2 Å². The molecule has 1 aromatic carbocycles. The molecule has 1 aliphatic carbocycles. The summed E-state index contributed by atoms with van der Waals surface area (Å²) in [6.45, 7) is 5.93. The number of carbonyl (C=O) groups is 4. The van der Waals surface area contributed by atoms with Crippen LogP contribution in [0.3, 0.4) is 0 Å². The number of likely N-dealkylation sites (tertiary alicyclic amines) is 1. The van der Waals surface area contributed by atoms with Gasteiger partial charge in [-0.2, -0.15) is 0 Å². The lowest BCUT2D eigenvalue weighted by Gasteiger charge is -2.19. The molecule has 0 unspecified atom stereocenters. The standard InChI is InChI=1S/C23H30N2O5/c1-23(2,3)15-8-10-16(11-9-15)24-19(26)14-30-20(27)12-13-25-21(28)17-6-4-5-7-18(17)22(25)29/h8-11,17-18H,4-7,12-14H2,1-3H3,(H,24,26)/t17-,18-/m0/s1. The maximum Gasteiger partial charge on any atom is 0.308 e. The minimum absolute atomic E-state index is 0.0133. The first kappa shape index (κ1) is 22.0. The van der Waals surface area contributed by atoms with Crippen LogP contribution in [-0.2, 0) is 29.3 Å². The summed E-state index contributed by atoms with van der Waals surface area (Å²) >= 11 is 0. The van der Waals surface area contributed by atoms with Gasteiger partial charge in [-0.15, -0.1) is 0 Å². The molecule has 0 spiro atoms. The van der Waals surface area contributed by atoms with Gasteiger partial charge in [0.05, 0.1) is 18.3 Å². The number of anilines is 1. The first-order valence-corrected chi connectivity index (χ1v) is 10.6. The van der Waals surface area contributed by atoms with E-state index in [1.807, 2.05) is 24.3 Å². The summed E-state index contributed by atoms with van der Waals surface area (Å²) in [6, 6.07) is 7.52. The van der Waals surface area contributed by atoms with Crippen LogP contribution in [0.4, 0.5) is 5.69 Å². The van der Waals surface area contributed by atoms with E-state index in [1.165, 1.54) is 4.90 Å². The Morgan fingerprint density at radius 3 is 2.13 bits per heavy atom. The third kappa shape index (κ3) is 5.07. The number of amides is 3. The fraction of sp³-hybridized carbons (Fsp3) is 0.565. The molecule has 1 heterocycles. The van der Waals surface area contributed by atoms with E-state index in [2.05, 4.69) is 26.1 Å². The van der Waals surface area contributed by atoms with E-state index in [4.69, 9.17) is 4.74 Å². The molecule has 0 radical (unpaired) electrons. The number of nitrogens with zero attached hydrogens (tertiary/aromatic N) is 1. The van der Waals surface area contributed by atoms with E-state index in [9.17, 15) is 19.2 Å². The number of ether oxygens (including phenoxy) is 1. The average Bonchev–Trinajstić information content (AvgIpc) is 2.95. The van der Waals surface area contributed by atoms with Crippen molar-refractivity contribution in [2.24, 2.45) is 11.8 Å². The Morgan fingerprint density at radius 1 is 1.03 bits per heavy atom. The van der Waals surface area contributed by atoms with Gasteiger partial charge in [0.15, 0.2) is 6.61 Å². The molecule has 2 aliphatic rings. The van der Waals surface area contributed by atoms with Crippen molar-refractivity contribution in [2.45, 2.75) is 58.3 Å². The number of hydrogen-bond donors (Lipinski definition) is 1. The van der Waals surface area contributed by atoms with Crippen molar-refractivity contribution < 1.29 is 23.9 Å². The van der Waals surface area contributed by atoms with Crippen LogP contribution in [0.25, 0.3) is 0 Å². The highest BCUT2D eigenvalue weighted by Crippen LogP contribution is 2.38. The van der Waals surface area contributed by atoms with Crippen LogP contribution in [0.2, 0.25) is 0 Å². The quantitative estimate of drug-likeness (QED) is 0.571. The fourth-order valence-electron chi connectivity index (χ4n) is 4.12. The van der Waals surface area contributed by atoms with Crippen LogP contribution < -0.4 is 5.32 Å². The van der Waals surface area contributed by atoms with E-state index in [-0.39, 0.29) is 42.0 Å². The number of fused-ring (bicyclic) bond motifs is 1. The number of hydrogen-bond acceptors (Lipinski definition) is 5. The van der Waals surface area contributed by atoms with Crippen molar-refractivity contribution in [1.82, 2.24) is 4.90 Å². The summed E-state index contributed by atoms with van der Waals surface area (Å²) in [5, 5.41) is 2.69. The van der Waals surface area contributed by atoms with Crippen LogP contribution in [0.5, 0.6) is 0 Å². The van der Waals surface area contributed by atoms with Crippen molar-refractivity contribution in [3.8, 4) is 0 Å². The Kier molecular flexibility index (Phi) is 6.58. The van der Waals surface area contributed by atoms with Gasteiger partial charge in [0.25, 0.3) is 5.91 Å². The number of imide groups is 1. The van der Waals surface area contributed by atoms with E-state index >= 15 is 0 Å². The van der Waals surface area contributed by atoms with Crippen molar-refractivity contribution in [3.05, 3.63) is 29.8 Å². The molecule has 1 aliphatic heterocycles. The zero-order valence-corrected chi connectivity index (χ0v) is 17.9. The molecule has 7 heteroatoms. The van der Waals surface area contributed by atoms with Crippen LogP contribution in [-0.4, -0.2) is 41.7 Å². The van der Waals surface area contributed by atoms with Gasteiger partial charge < -0.3 is 10.1 Å². The summed E-state index contributed by atoms with van der Waals surface area (Å²) in [7, 11) is 0. The highest BCUT2D eigenvalue weighted by atomic mass is 16.5. The van der Waals surface area contributed by atoms with Crippen LogP contribution >= 0.6 is 0 Å². The molecule has 7 nitrogen and oxygen atoms in total. The molecule has 3 amide bonds. The highest BCUT2D eigenvalue weighted by molar-refractivity contribution is 6.05. The predicted molar refractivity (Wildman–Crippen MR) is 112 cm³/mol. The molecule has 1 saturated carbocycles. The molecule has 3 rings (SSSR count). The van der Waals surface area contributed by atoms with Gasteiger partial charge in [0.2, 0.25) is 11.8 Å². The zero-order chi connectivity index (χ0) is 21.9. The SMILES string of the molecule is CC(C)(C)c1ccc(NC(=O)COC(=O)CCN2C(=O)[C@H]3CCCC[C@@H]3C2=O)cc1. The molecule has 0 aromatic heterocycles. The molecule has 1 N–H and O–H groups in total. The van der Waals surface area contributed by atoms with Crippen molar-refractivity contribution in [3.63, 3.8) is 0 Å². The summed E-state index contributed by atoms with van der Waals surface area (Å²) in [5.41, 5.74) is 1.80. The van der Waals surface area contributed by atoms with Crippen molar-refractivity contribution in [1.29, 1.82) is 0 Å². The van der Waals surface area contributed by atoms with Crippen molar-refractivity contribution in [2.75, 3.05) is 18.5 Å². The molecule has 162 valence electrons. The van der Waals surface area contributed by atoms with Gasteiger partial charge in [-0.25, -0.2) is 0 Å². The van der Waals surface area contributed by atoms with Gasteiger partial charge >= 0.3 is 5.97 Å². The number of rotatable bonds is 6. The minimum atomic E-state index is -0.608. The number of benzene rings is 1. The average molecular weight is 415 g/mol. The Bertz CT molecular complexity index is 801. The maximum absolute atomic E-state index is 12.4. The molecular formula is C23H30N2O5. The second-order valence-corrected chi connectivity index (χ2v) is 9.11. The lowest BCUT2D eigenvalue weighted by Crippen LogP contribution is -2.33. The topological polar surface area (TPSA) is 92.8 Å². The Balaban J connectivity index is 1.42. The molecule has 1 aromatic rings. The summed E-state index contributed by atoms with van der Waals surface area (Å²) in [5.74, 6) is -1.84. The Hall–Kier alpha value is -2.70. The summed E-state index contributed by atoms with van der Waals surface area (Å²) in [4.78, 5) is 50.0. The van der Waals surface area contributed by atoms with Gasteiger partial charge in [0.1, 0.15) is 0 Å². The van der Waals surface area contributed by atoms with E-state index in [1.54, 1.807) is 0 Å². The fourth-order valence-corrected chi connectivity index (χ4v) is 4.12. The number of esters is 1. The van der Waals surface area contributed by atoms with Crippen LogP contribution in [0.1, 0.15) is 58.4 Å². The van der Waals surface area contributed by atoms with Gasteiger partial charge in [0, 0.05) is 12.2 Å². The number of nitrogens with one attached hydrogen (secondary N) is 1. The monoisotopic (exact) mass is 414 g/mol. The van der Waals surface area contributed by atoms with E-state index in [0.29, 0.717) is 5.69 Å². The molecular weight excluding hydrogens is 384 g/mol. The first-order chi connectivity index (χ1) is 14.2. The molecule has 30 heavy (non-hydrogen) atoms. The third-order valence-electron chi connectivity index (χ3n) is 5.87. The molecule has 2 fully saturated rings. The molecule has 2 atom stereocenters. The Labute approximate surface area is 177 Å². The van der Waals surface area contributed by atoms with E-state index < -0.39 is 18.5 Å². The summed E-state index contributed by atoms with van der Waals surface area (Å²) < 4.78 is 5.00. The lowest BCUT2D eigenvalue weighted by atomic mass is 9.81. The minimum Gasteiger partial charge on any atom is -0.456 e. The van der Waals surface area contributed by atoms with Crippen molar-refractivity contribution >= 4 is 29.4 Å². The predicted octanol–water partition coefficient (Wildman–Crippen LogP) is 3.03. The zero-order valence-electron chi connectivity index (χ0n) is 17.9. The van der Waals surface area contributed by atoms with Gasteiger partial charge in [-0.1, -0.05) is 45.7 Å². The second-order valence-electron chi connectivity index (χ2n) is 9.11. The largest absolute Gasteiger partial charge is 0.456 e. The first-order valence-electron chi connectivity index (χ1n) is 10.6. The second kappa shape index (κ2) is 8.98. The highest BCUT2D eigenvalue weighted by Gasteiger charge is 2.47. The van der Waals surface area contributed by atoms with Crippen LogP contribution in [0, 0.1) is 11.8 Å². The maximum atomic E-state index is 12.4. The van der Waals surface area contributed by atoms with Gasteiger partial charge in [-0.05, 0) is 36.0 Å². The number of carbonyl (C=O) groups excluding carboxylic acids is 4. The summed E-state index contributed by atoms with van der Waals surface area (Å²) in [6.07, 6.45) is 3.30. The molecule has 1 saturated heterocycles. The van der Waals surface area contributed by atoms with Crippen LogP contribution in [0.15, 0.2) is 24.3 Å².